The summed E-state index contributed by atoms with van der Waals surface area (Å²) in [4.78, 5) is 45.9. The average molecular weight is 542 g/mol. The van der Waals surface area contributed by atoms with Gasteiger partial charge in [-0.05, 0) is 62.3 Å². The SMILES string of the molecule is CC(C)(C)OC(=O)N[C@@H](CN1C[C@@H]2C[C@H]1C(=O)N2C1c2ccccc2-c2ccccc21)C(=O)N1CCC[C@H]1C#N. The lowest BCUT2D eigenvalue weighted by Gasteiger charge is -2.39. The molecule has 9 nitrogen and oxygen atoms in total. The second kappa shape index (κ2) is 9.93. The zero-order valence-corrected chi connectivity index (χ0v) is 23.2. The van der Waals surface area contributed by atoms with Gasteiger partial charge in [-0.15, -0.1) is 0 Å². The van der Waals surface area contributed by atoms with Gasteiger partial charge in [0.15, 0.2) is 0 Å². The molecule has 4 atom stereocenters. The van der Waals surface area contributed by atoms with Gasteiger partial charge in [0.1, 0.15) is 17.7 Å². The molecule has 6 rings (SSSR count). The van der Waals surface area contributed by atoms with Crippen LogP contribution in [0.2, 0.25) is 0 Å². The Balaban J connectivity index is 1.23. The normalized spacial score (nSPS) is 24.6. The molecule has 0 saturated carbocycles. The molecule has 0 unspecified atom stereocenters. The molecule has 2 aromatic carbocycles. The summed E-state index contributed by atoms with van der Waals surface area (Å²) in [6, 6.07) is 16.8. The van der Waals surface area contributed by atoms with Crippen molar-refractivity contribution < 1.29 is 19.1 Å². The van der Waals surface area contributed by atoms with E-state index in [9.17, 15) is 19.6 Å². The Kier molecular flexibility index (Phi) is 6.54. The van der Waals surface area contributed by atoms with Crippen LogP contribution in [0.5, 0.6) is 0 Å². The van der Waals surface area contributed by atoms with Crippen molar-refractivity contribution in [3.05, 3.63) is 59.7 Å². The molecule has 0 radical (unpaired) electrons. The van der Waals surface area contributed by atoms with Crippen LogP contribution < -0.4 is 5.32 Å². The fourth-order valence-electron chi connectivity index (χ4n) is 6.89. The summed E-state index contributed by atoms with van der Waals surface area (Å²) in [7, 11) is 0. The number of alkyl carbamates (subject to hydrolysis) is 1. The molecule has 4 aliphatic rings. The Bertz CT molecular complexity index is 1350. The van der Waals surface area contributed by atoms with Gasteiger partial charge < -0.3 is 19.9 Å². The van der Waals surface area contributed by atoms with Gasteiger partial charge in [0.25, 0.3) is 0 Å². The molecule has 3 saturated heterocycles. The van der Waals surface area contributed by atoms with Crippen LogP contribution in [-0.2, 0) is 14.3 Å². The smallest absolute Gasteiger partial charge is 0.408 e. The van der Waals surface area contributed by atoms with Crippen LogP contribution in [0.15, 0.2) is 48.5 Å². The van der Waals surface area contributed by atoms with Crippen LogP contribution in [0, 0.1) is 11.3 Å². The summed E-state index contributed by atoms with van der Waals surface area (Å²) in [6.07, 6.45) is 1.36. The fraction of sp³-hybridized carbons (Fsp3) is 0.484. The van der Waals surface area contributed by atoms with E-state index < -0.39 is 23.8 Å². The lowest BCUT2D eigenvalue weighted by atomic mass is 10.0. The molecule has 40 heavy (non-hydrogen) atoms. The predicted molar refractivity (Wildman–Crippen MR) is 148 cm³/mol. The third-order valence-corrected chi connectivity index (χ3v) is 8.48. The first-order valence-corrected chi connectivity index (χ1v) is 14.1. The molecule has 9 heteroatoms. The zero-order valence-electron chi connectivity index (χ0n) is 23.2. The second-order valence-electron chi connectivity index (χ2n) is 12.2. The van der Waals surface area contributed by atoms with Crippen molar-refractivity contribution in [2.24, 2.45) is 0 Å². The van der Waals surface area contributed by atoms with Crippen LogP contribution in [0.4, 0.5) is 4.79 Å². The number of benzene rings is 2. The Morgan fingerprint density at radius 1 is 1.10 bits per heavy atom. The van der Waals surface area contributed by atoms with Crippen LogP contribution in [0.1, 0.15) is 57.2 Å². The first kappa shape index (κ1) is 26.3. The van der Waals surface area contributed by atoms with E-state index in [4.69, 9.17) is 4.74 Å². The molecule has 0 spiro atoms. The van der Waals surface area contributed by atoms with Gasteiger partial charge in [-0.1, -0.05) is 48.5 Å². The van der Waals surface area contributed by atoms with Crippen molar-refractivity contribution in [3.63, 3.8) is 0 Å². The van der Waals surface area contributed by atoms with Crippen molar-refractivity contribution in [3.8, 4) is 17.2 Å². The van der Waals surface area contributed by atoms with Crippen LogP contribution in [0.3, 0.4) is 0 Å². The fourth-order valence-corrected chi connectivity index (χ4v) is 6.89. The number of amides is 3. The summed E-state index contributed by atoms with van der Waals surface area (Å²) in [5, 5.41) is 12.3. The maximum atomic E-state index is 13.9. The van der Waals surface area contributed by atoms with Gasteiger partial charge in [0.05, 0.1) is 18.2 Å². The number of nitrogens with one attached hydrogen (secondary N) is 1. The van der Waals surface area contributed by atoms with E-state index in [1.54, 1.807) is 25.7 Å². The Morgan fingerprint density at radius 2 is 1.75 bits per heavy atom. The molecule has 208 valence electrons. The summed E-state index contributed by atoms with van der Waals surface area (Å²) >= 11 is 0. The first-order chi connectivity index (χ1) is 19.2. The number of piperazine rings is 1. The summed E-state index contributed by atoms with van der Waals surface area (Å²) < 4.78 is 5.45. The lowest BCUT2D eigenvalue weighted by molar-refractivity contribution is -0.140. The first-order valence-electron chi connectivity index (χ1n) is 14.1. The molecule has 2 bridgehead atoms. The molecule has 0 aromatic heterocycles. The average Bonchev–Trinajstić information content (AvgIpc) is 3.68. The summed E-state index contributed by atoms with van der Waals surface area (Å²) in [6.45, 7) is 6.57. The molecule has 1 aliphatic carbocycles. The van der Waals surface area contributed by atoms with Gasteiger partial charge in [-0.2, -0.15) is 5.26 Å². The number of rotatable bonds is 5. The van der Waals surface area contributed by atoms with Gasteiger partial charge in [0.2, 0.25) is 11.8 Å². The molecule has 3 fully saturated rings. The summed E-state index contributed by atoms with van der Waals surface area (Å²) in [5.41, 5.74) is 3.90. The van der Waals surface area contributed by atoms with E-state index in [-0.39, 0.29) is 36.5 Å². The molecule has 3 amide bonds. The molecular weight excluding hydrogens is 506 g/mol. The van der Waals surface area contributed by atoms with Crippen molar-refractivity contribution in [2.75, 3.05) is 19.6 Å². The molecular formula is C31H35N5O4. The quantitative estimate of drug-likeness (QED) is 0.622. The number of nitrogens with zero attached hydrogens (tertiary/aromatic N) is 4. The number of carbonyl (C=O) groups is 3. The zero-order chi connectivity index (χ0) is 28.2. The Hall–Kier alpha value is -3.90. The van der Waals surface area contributed by atoms with Gasteiger partial charge >= 0.3 is 6.09 Å². The standard InChI is InChI=1S/C31H35N5O4/c1-31(2,3)40-30(39)33-25(28(37)35-14-8-9-19(35)16-32)18-34-17-20-15-26(34)29(38)36(20)27-23-12-6-4-10-21(23)22-11-5-7-13-24(22)27/h4-7,10-13,19-20,25-27H,8-9,14-15,17-18H2,1-3H3,(H,33,39)/t19-,20-,25-,26-/m0/s1. The highest BCUT2D eigenvalue weighted by Gasteiger charge is 2.54. The number of nitriles is 1. The third kappa shape index (κ3) is 4.50. The van der Waals surface area contributed by atoms with Crippen molar-refractivity contribution in [1.29, 1.82) is 5.26 Å². The monoisotopic (exact) mass is 541 g/mol. The third-order valence-electron chi connectivity index (χ3n) is 8.48. The van der Waals surface area contributed by atoms with Gasteiger partial charge in [-0.3, -0.25) is 14.5 Å². The van der Waals surface area contributed by atoms with Crippen molar-refractivity contribution >= 4 is 17.9 Å². The van der Waals surface area contributed by atoms with E-state index in [0.29, 0.717) is 25.9 Å². The molecule has 2 aromatic rings. The number of hydrogen-bond acceptors (Lipinski definition) is 6. The highest BCUT2D eigenvalue weighted by molar-refractivity contribution is 5.90. The minimum Gasteiger partial charge on any atom is -0.444 e. The van der Waals surface area contributed by atoms with E-state index in [1.165, 1.54) is 11.1 Å². The van der Waals surface area contributed by atoms with Crippen LogP contribution >= 0.6 is 0 Å². The molecule has 3 heterocycles. The van der Waals surface area contributed by atoms with Crippen LogP contribution in [0.25, 0.3) is 11.1 Å². The number of hydrogen-bond donors (Lipinski definition) is 1. The van der Waals surface area contributed by atoms with E-state index in [2.05, 4.69) is 35.7 Å². The Labute approximate surface area is 234 Å². The summed E-state index contributed by atoms with van der Waals surface area (Å²) in [5.74, 6) is -0.257. The van der Waals surface area contributed by atoms with E-state index >= 15 is 0 Å². The maximum absolute atomic E-state index is 13.9. The lowest BCUT2D eigenvalue weighted by Crippen LogP contribution is -2.59. The predicted octanol–water partition coefficient (Wildman–Crippen LogP) is 3.45. The highest BCUT2D eigenvalue weighted by Crippen LogP contribution is 2.50. The number of likely N-dealkylation sites (tertiary alicyclic amines) is 3. The largest absolute Gasteiger partial charge is 0.444 e. The minimum absolute atomic E-state index is 0.00219. The second-order valence-corrected chi connectivity index (χ2v) is 12.2. The van der Waals surface area contributed by atoms with E-state index in [1.807, 2.05) is 34.1 Å². The van der Waals surface area contributed by atoms with Crippen molar-refractivity contribution in [2.45, 2.75) is 75.8 Å². The Morgan fingerprint density at radius 3 is 2.35 bits per heavy atom. The van der Waals surface area contributed by atoms with Crippen molar-refractivity contribution in [1.82, 2.24) is 20.0 Å². The number of carbonyl (C=O) groups excluding carboxylic acids is 3. The molecule has 3 aliphatic heterocycles. The maximum Gasteiger partial charge on any atom is 0.408 e. The molecule has 1 N–H and O–H groups in total. The number of ether oxygens (including phenoxy) is 1. The minimum atomic E-state index is -0.919. The topological polar surface area (TPSA) is 106 Å². The van der Waals surface area contributed by atoms with Gasteiger partial charge in [0, 0.05) is 25.7 Å². The van der Waals surface area contributed by atoms with Gasteiger partial charge in [-0.25, -0.2) is 4.79 Å². The number of fused-ring (bicyclic) bond motifs is 5. The van der Waals surface area contributed by atoms with E-state index in [0.717, 1.165) is 17.5 Å². The van der Waals surface area contributed by atoms with Crippen LogP contribution in [-0.4, -0.2) is 82.0 Å². The highest BCUT2D eigenvalue weighted by atomic mass is 16.6.